The fourth-order valence-corrected chi connectivity index (χ4v) is 2.74. The third-order valence-electron chi connectivity index (χ3n) is 3.48. The standard InChI is InChI=1S/C16H13BrN2O2/c17-11-3-1-10(2-4-11)7-16-18-12-8-14-15(9-13(12)19-16)21-6-5-20-14/h1-4,8-9H,5-7H2,(H,18,19). The summed E-state index contributed by atoms with van der Waals surface area (Å²) in [6.07, 6.45) is 0.772. The Hall–Kier alpha value is -2.01. The van der Waals surface area contributed by atoms with Gasteiger partial charge < -0.3 is 14.5 Å². The monoisotopic (exact) mass is 344 g/mol. The summed E-state index contributed by atoms with van der Waals surface area (Å²) in [5.74, 6) is 2.50. The second-order valence-corrected chi connectivity index (χ2v) is 5.92. The van der Waals surface area contributed by atoms with E-state index in [0.29, 0.717) is 13.2 Å². The average molecular weight is 345 g/mol. The minimum Gasteiger partial charge on any atom is -0.486 e. The highest BCUT2D eigenvalue weighted by Crippen LogP contribution is 2.33. The molecule has 1 aliphatic heterocycles. The third-order valence-corrected chi connectivity index (χ3v) is 4.01. The van der Waals surface area contributed by atoms with E-state index in [4.69, 9.17) is 9.47 Å². The normalized spacial score (nSPS) is 13.6. The molecule has 2 heterocycles. The van der Waals surface area contributed by atoms with Gasteiger partial charge in [-0.05, 0) is 17.7 Å². The molecule has 106 valence electrons. The lowest BCUT2D eigenvalue weighted by Crippen LogP contribution is -2.15. The number of fused-ring (bicyclic) bond motifs is 2. The van der Waals surface area contributed by atoms with E-state index in [2.05, 4.69) is 38.0 Å². The molecule has 0 radical (unpaired) electrons. The number of imidazole rings is 1. The lowest BCUT2D eigenvalue weighted by molar-refractivity contribution is 0.172. The van der Waals surface area contributed by atoms with E-state index in [1.165, 1.54) is 5.56 Å². The van der Waals surface area contributed by atoms with Crippen molar-refractivity contribution >= 4 is 27.0 Å². The van der Waals surface area contributed by atoms with Gasteiger partial charge in [-0.2, -0.15) is 0 Å². The zero-order valence-electron chi connectivity index (χ0n) is 11.2. The second-order valence-electron chi connectivity index (χ2n) is 5.00. The van der Waals surface area contributed by atoms with Gasteiger partial charge in [0.25, 0.3) is 0 Å². The molecule has 1 N–H and O–H groups in total. The zero-order valence-corrected chi connectivity index (χ0v) is 12.8. The molecule has 21 heavy (non-hydrogen) atoms. The minimum atomic E-state index is 0.592. The van der Waals surface area contributed by atoms with Crippen LogP contribution in [0.4, 0.5) is 0 Å². The molecule has 0 saturated carbocycles. The van der Waals surface area contributed by atoms with Gasteiger partial charge in [-0.1, -0.05) is 28.1 Å². The number of benzene rings is 2. The molecule has 0 unspecified atom stereocenters. The van der Waals surface area contributed by atoms with Crippen LogP contribution in [-0.4, -0.2) is 23.2 Å². The van der Waals surface area contributed by atoms with Crippen LogP contribution in [0, 0.1) is 0 Å². The molecule has 4 nitrogen and oxygen atoms in total. The summed E-state index contributed by atoms with van der Waals surface area (Å²) in [6.45, 7) is 1.19. The van der Waals surface area contributed by atoms with E-state index in [9.17, 15) is 0 Å². The first-order valence-corrected chi connectivity index (χ1v) is 7.60. The highest BCUT2D eigenvalue weighted by molar-refractivity contribution is 9.10. The predicted octanol–water partition coefficient (Wildman–Crippen LogP) is 3.69. The fourth-order valence-electron chi connectivity index (χ4n) is 2.48. The molecule has 0 fully saturated rings. The van der Waals surface area contributed by atoms with Crippen molar-refractivity contribution in [3.05, 3.63) is 52.3 Å². The van der Waals surface area contributed by atoms with Crippen LogP contribution in [-0.2, 0) is 6.42 Å². The quantitative estimate of drug-likeness (QED) is 0.771. The van der Waals surface area contributed by atoms with Crippen molar-refractivity contribution in [3.8, 4) is 11.5 Å². The Kier molecular flexibility index (Phi) is 3.07. The Balaban J connectivity index is 1.68. The summed E-state index contributed by atoms with van der Waals surface area (Å²) in [5, 5.41) is 0. The maximum atomic E-state index is 5.59. The number of hydrogen-bond acceptors (Lipinski definition) is 3. The van der Waals surface area contributed by atoms with Crippen LogP contribution in [0.3, 0.4) is 0 Å². The van der Waals surface area contributed by atoms with Crippen molar-refractivity contribution in [2.75, 3.05) is 13.2 Å². The topological polar surface area (TPSA) is 47.1 Å². The Morgan fingerprint density at radius 2 is 1.76 bits per heavy atom. The molecular formula is C16H13BrN2O2. The molecule has 2 aromatic carbocycles. The molecule has 0 atom stereocenters. The van der Waals surface area contributed by atoms with E-state index in [0.717, 1.165) is 39.3 Å². The largest absolute Gasteiger partial charge is 0.486 e. The van der Waals surface area contributed by atoms with Crippen LogP contribution in [0.1, 0.15) is 11.4 Å². The van der Waals surface area contributed by atoms with Crippen LogP contribution in [0.15, 0.2) is 40.9 Å². The summed E-state index contributed by atoms with van der Waals surface area (Å²) in [7, 11) is 0. The van der Waals surface area contributed by atoms with E-state index in [1.54, 1.807) is 0 Å². The van der Waals surface area contributed by atoms with Crippen molar-refractivity contribution in [1.82, 2.24) is 9.97 Å². The molecule has 3 aromatic rings. The Labute approximate surface area is 130 Å². The summed E-state index contributed by atoms with van der Waals surface area (Å²) < 4.78 is 12.3. The first-order chi connectivity index (χ1) is 10.3. The Morgan fingerprint density at radius 3 is 2.52 bits per heavy atom. The summed E-state index contributed by atoms with van der Waals surface area (Å²) >= 11 is 3.45. The Bertz CT molecular complexity index is 753. The van der Waals surface area contributed by atoms with Crippen molar-refractivity contribution in [2.24, 2.45) is 0 Å². The van der Waals surface area contributed by atoms with Gasteiger partial charge in [0.1, 0.15) is 19.0 Å². The summed E-state index contributed by atoms with van der Waals surface area (Å²) in [6, 6.07) is 12.2. The number of halogens is 1. The van der Waals surface area contributed by atoms with E-state index in [-0.39, 0.29) is 0 Å². The van der Waals surface area contributed by atoms with Gasteiger partial charge in [-0.3, -0.25) is 0 Å². The second kappa shape index (κ2) is 5.07. The maximum absolute atomic E-state index is 5.59. The van der Waals surface area contributed by atoms with Crippen molar-refractivity contribution < 1.29 is 9.47 Å². The molecule has 0 saturated heterocycles. The highest BCUT2D eigenvalue weighted by Gasteiger charge is 2.14. The molecule has 0 bridgehead atoms. The van der Waals surface area contributed by atoms with Gasteiger partial charge in [0.05, 0.1) is 11.0 Å². The van der Waals surface area contributed by atoms with Crippen LogP contribution in [0.25, 0.3) is 11.0 Å². The van der Waals surface area contributed by atoms with Crippen molar-refractivity contribution in [3.63, 3.8) is 0 Å². The van der Waals surface area contributed by atoms with Crippen LogP contribution < -0.4 is 9.47 Å². The molecular weight excluding hydrogens is 332 g/mol. The summed E-state index contributed by atoms with van der Waals surface area (Å²) in [4.78, 5) is 7.99. The molecule has 1 aromatic heterocycles. The van der Waals surface area contributed by atoms with Crippen molar-refractivity contribution in [2.45, 2.75) is 6.42 Å². The smallest absolute Gasteiger partial charge is 0.163 e. The number of aromatic nitrogens is 2. The van der Waals surface area contributed by atoms with Crippen LogP contribution in [0.2, 0.25) is 0 Å². The van der Waals surface area contributed by atoms with E-state index < -0.39 is 0 Å². The number of ether oxygens (including phenoxy) is 2. The first-order valence-electron chi connectivity index (χ1n) is 6.80. The van der Waals surface area contributed by atoms with Crippen molar-refractivity contribution in [1.29, 1.82) is 0 Å². The minimum absolute atomic E-state index is 0.592. The lowest BCUT2D eigenvalue weighted by atomic mass is 10.1. The molecule has 4 rings (SSSR count). The lowest BCUT2D eigenvalue weighted by Gasteiger charge is -2.17. The number of nitrogens with zero attached hydrogens (tertiary/aromatic N) is 1. The number of H-pyrrole nitrogens is 1. The number of rotatable bonds is 2. The number of nitrogens with one attached hydrogen (secondary N) is 1. The fraction of sp³-hybridized carbons (Fsp3) is 0.188. The van der Waals surface area contributed by atoms with Gasteiger partial charge in [-0.25, -0.2) is 4.98 Å². The predicted molar refractivity (Wildman–Crippen MR) is 84.0 cm³/mol. The maximum Gasteiger partial charge on any atom is 0.163 e. The molecule has 0 aliphatic carbocycles. The number of hydrogen-bond donors (Lipinski definition) is 1. The van der Waals surface area contributed by atoms with Gasteiger partial charge in [0.15, 0.2) is 11.5 Å². The third kappa shape index (κ3) is 2.49. The summed E-state index contributed by atoms with van der Waals surface area (Å²) in [5.41, 5.74) is 3.10. The van der Waals surface area contributed by atoms with E-state index >= 15 is 0 Å². The molecule has 5 heteroatoms. The SMILES string of the molecule is Brc1ccc(Cc2nc3cc4c(cc3[nH]2)OCCO4)cc1. The average Bonchev–Trinajstić information content (AvgIpc) is 2.88. The molecule has 1 aliphatic rings. The number of aromatic amines is 1. The van der Waals surface area contributed by atoms with Gasteiger partial charge in [0, 0.05) is 23.0 Å². The highest BCUT2D eigenvalue weighted by atomic mass is 79.9. The van der Waals surface area contributed by atoms with E-state index in [1.807, 2.05) is 24.3 Å². The van der Waals surface area contributed by atoms with Crippen LogP contribution in [0.5, 0.6) is 11.5 Å². The zero-order chi connectivity index (χ0) is 14.2. The van der Waals surface area contributed by atoms with Gasteiger partial charge in [-0.15, -0.1) is 0 Å². The van der Waals surface area contributed by atoms with Crippen LogP contribution >= 0.6 is 15.9 Å². The van der Waals surface area contributed by atoms with Gasteiger partial charge >= 0.3 is 0 Å². The first kappa shape index (κ1) is 12.7. The Morgan fingerprint density at radius 1 is 1.05 bits per heavy atom. The molecule has 0 spiro atoms. The molecule has 0 amide bonds. The van der Waals surface area contributed by atoms with Gasteiger partial charge in [0.2, 0.25) is 0 Å².